The molecule has 0 saturated heterocycles. The fraction of sp³-hybridized carbons (Fsp3) is 0.500. The van der Waals surface area contributed by atoms with Gasteiger partial charge in [-0.15, -0.1) is 0 Å². The van der Waals surface area contributed by atoms with Gasteiger partial charge in [0.05, 0.1) is 38.1 Å². The van der Waals surface area contributed by atoms with Gasteiger partial charge in [-0.1, -0.05) is 30.3 Å². The number of nitrogens with one attached hydrogen (secondary N) is 2. The first-order valence-electron chi connectivity index (χ1n) is 10.6. The average molecular weight is 482 g/mol. The van der Waals surface area contributed by atoms with Gasteiger partial charge in [-0.2, -0.15) is 0 Å². The Bertz CT molecular complexity index is 830. The van der Waals surface area contributed by atoms with Crippen molar-refractivity contribution in [2.45, 2.75) is 45.4 Å². The summed E-state index contributed by atoms with van der Waals surface area (Å²) in [7, 11) is 0. The van der Waals surface area contributed by atoms with Crippen molar-refractivity contribution in [2.24, 2.45) is 5.92 Å². The Hall–Kier alpha value is -3.67. The molecule has 12 nitrogen and oxygen atoms in total. The quantitative estimate of drug-likeness (QED) is 0.214. The van der Waals surface area contributed by atoms with Crippen LogP contribution in [-0.4, -0.2) is 72.0 Å². The number of aliphatic carboxylic acids is 1. The predicted octanol–water partition coefficient (Wildman–Crippen LogP) is 0.366. The first kappa shape index (κ1) is 28.4. The van der Waals surface area contributed by atoms with Crippen molar-refractivity contribution in [3.63, 3.8) is 0 Å². The van der Waals surface area contributed by atoms with Crippen molar-refractivity contribution in [3.8, 4) is 0 Å². The van der Waals surface area contributed by atoms with E-state index in [2.05, 4.69) is 10.6 Å². The molecule has 188 valence electrons. The van der Waals surface area contributed by atoms with Gasteiger partial charge in [-0.05, 0) is 19.4 Å². The van der Waals surface area contributed by atoms with Crippen LogP contribution in [0.2, 0.25) is 0 Å². The van der Waals surface area contributed by atoms with E-state index in [1.54, 1.807) is 31.2 Å². The monoisotopic (exact) mass is 482 g/mol. The third kappa shape index (κ3) is 10.8. The van der Waals surface area contributed by atoms with E-state index in [1.165, 1.54) is 6.92 Å². The molecule has 0 unspecified atom stereocenters. The van der Waals surface area contributed by atoms with Crippen LogP contribution in [0.4, 0.5) is 4.79 Å². The number of alkyl carbamates (subject to hydrolysis) is 1. The normalized spacial score (nSPS) is 13.0. The Labute approximate surface area is 196 Å². The second-order valence-electron chi connectivity index (χ2n) is 7.05. The summed E-state index contributed by atoms with van der Waals surface area (Å²) in [5, 5.41) is 23.9. The summed E-state index contributed by atoms with van der Waals surface area (Å²) < 4.78 is 14.6. The highest BCUT2D eigenvalue weighted by Gasteiger charge is 2.38. The van der Waals surface area contributed by atoms with Crippen molar-refractivity contribution in [1.82, 2.24) is 10.6 Å². The maximum atomic E-state index is 12.3. The molecule has 0 radical (unpaired) electrons. The number of carboxylic acids is 1. The summed E-state index contributed by atoms with van der Waals surface area (Å²) in [6.07, 6.45) is -3.40. The molecule has 0 saturated carbocycles. The molecule has 1 aromatic carbocycles. The molecule has 0 spiro atoms. The minimum absolute atomic E-state index is 0.0132. The van der Waals surface area contributed by atoms with Gasteiger partial charge in [0.15, 0.2) is 0 Å². The second kappa shape index (κ2) is 15.2. The number of benzene rings is 1. The summed E-state index contributed by atoms with van der Waals surface area (Å²) in [6, 6.07) is 7.09. The van der Waals surface area contributed by atoms with E-state index in [4.69, 9.17) is 14.2 Å². The molecule has 3 atom stereocenters. The van der Waals surface area contributed by atoms with E-state index in [9.17, 15) is 34.2 Å². The number of carbonyl (C=O) groups excluding carboxylic acids is 4. The van der Waals surface area contributed by atoms with E-state index in [-0.39, 0.29) is 26.4 Å². The van der Waals surface area contributed by atoms with Gasteiger partial charge in [-0.25, -0.2) is 9.59 Å². The molecular weight excluding hydrogens is 452 g/mol. The van der Waals surface area contributed by atoms with Crippen molar-refractivity contribution in [1.29, 1.82) is 0 Å². The van der Waals surface area contributed by atoms with Crippen LogP contribution in [0, 0.1) is 5.92 Å². The van der Waals surface area contributed by atoms with Crippen LogP contribution in [-0.2, 0) is 40.0 Å². The molecule has 0 aromatic heterocycles. The van der Waals surface area contributed by atoms with Gasteiger partial charge < -0.3 is 35.1 Å². The maximum Gasteiger partial charge on any atom is 0.407 e. The third-order valence-corrected chi connectivity index (χ3v) is 4.38. The molecule has 2 amide bonds. The smallest absolute Gasteiger partial charge is 0.407 e. The van der Waals surface area contributed by atoms with Gasteiger partial charge in [0.2, 0.25) is 5.91 Å². The zero-order chi connectivity index (χ0) is 25.5. The molecule has 0 fully saturated rings. The Morgan fingerprint density at radius 3 is 2.18 bits per heavy atom. The summed E-state index contributed by atoms with van der Waals surface area (Å²) in [4.78, 5) is 59.8. The lowest BCUT2D eigenvalue weighted by Crippen LogP contribution is -2.50. The Morgan fingerprint density at radius 1 is 0.941 bits per heavy atom. The molecule has 0 bridgehead atoms. The Balaban J connectivity index is 2.62. The highest BCUT2D eigenvalue weighted by Crippen LogP contribution is 2.14. The molecular formula is C22H30N2O10. The summed E-state index contributed by atoms with van der Waals surface area (Å²) in [5.41, 5.74) is 0.760. The van der Waals surface area contributed by atoms with Gasteiger partial charge in [0.1, 0.15) is 12.6 Å². The van der Waals surface area contributed by atoms with Gasteiger partial charge in [0.25, 0.3) is 0 Å². The van der Waals surface area contributed by atoms with Crippen LogP contribution < -0.4 is 10.6 Å². The fourth-order valence-corrected chi connectivity index (χ4v) is 2.81. The van der Waals surface area contributed by atoms with E-state index in [0.29, 0.717) is 0 Å². The van der Waals surface area contributed by atoms with E-state index in [0.717, 1.165) is 5.56 Å². The minimum Gasteiger partial charge on any atom is -0.480 e. The standard InChI is InChI=1S/C22H30N2O10/c1-3-32-18(27)11-16(21(30)33-4-2)19(20(28)29)24-17(26)10-15(25)12-23-22(31)34-13-14-8-6-5-7-9-14/h5-9,15-16,19,25H,3-4,10-13H2,1-2H3,(H,23,31)(H,24,26)(H,28,29)/t15-,16-,19+/m1/s1. The van der Waals surface area contributed by atoms with E-state index < -0.39 is 60.8 Å². The van der Waals surface area contributed by atoms with Crippen LogP contribution in [0.3, 0.4) is 0 Å². The van der Waals surface area contributed by atoms with Crippen LogP contribution in [0.15, 0.2) is 30.3 Å². The highest BCUT2D eigenvalue weighted by molar-refractivity contribution is 5.90. The molecule has 0 heterocycles. The number of rotatable bonds is 14. The maximum absolute atomic E-state index is 12.3. The lowest BCUT2D eigenvalue weighted by molar-refractivity contribution is -0.160. The number of ether oxygens (including phenoxy) is 3. The SMILES string of the molecule is CCOC(=O)C[C@@H](C(=O)OCC)[C@H](NC(=O)C[C@@H](O)CNC(=O)OCc1ccccc1)C(=O)O. The largest absolute Gasteiger partial charge is 0.480 e. The summed E-state index contributed by atoms with van der Waals surface area (Å²) >= 11 is 0. The van der Waals surface area contributed by atoms with Crippen LogP contribution in [0.5, 0.6) is 0 Å². The molecule has 0 aliphatic rings. The number of carboxylic acid groups (broad SMARTS) is 1. The van der Waals surface area contributed by atoms with Crippen molar-refractivity contribution in [2.75, 3.05) is 19.8 Å². The number of esters is 2. The van der Waals surface area contributed by atoms with Crippen LogP contribution in [0.1, 0.15) is 32.3 Å². The predicted molar refractivity (Wildman–Crippen MR) is 116 cm³/mol. The lowest BCUT2D eigenvalue weighted by Gasteiger charge is -2.23. The lowest BCUT2D eigenvalue weighted by atomic mass is 9.95. The third-order valence-electron chi connectivity index (χ3n) is 4.38. The number of carbonyl (C=O) groups is 5. The molecule has 34 heavy (non-hydrogen) atoms. The topological polar surface area (TPSA) is 178 Å². The second-order valence-corrected chi connectivity index (χ2v) is 7.05. The number of aliphatic hydroxyl groups is 1. The summed E-state index contributed by atoms with van der Waals surface area (Å²) in [6.45, 7) is 2.67. The minimum atomic E-state index is -1.80. The molecule has 12 heteroatoms. The average Bonchev–Trinajstić information content (AvgIpc) is 2.79. The number of amides is 2. The highest BCUT2D eigenvalue weighted by atomic mass is 16.6. The number of hydrogen-bond acceptors (Lipinski definition) is 9. The van der Waals surface area contributed by atoms with Gasteiger partial charge in [0, 0.05) is 6.54 Å². The first-order valence-corrected chi connectivity index (χ1v) is 10.6. The fourth-order valence-electron chi connectivity index (χ4n) is 2.81. The molecule has 0 aliphatic heterocycles. The molecule has 1 aromatic rings. The summed E-state index contributed by atoms with van der Waals surface area (Å²) in [5.74, 6) is -5.86. The van der Waals surface area contributed by atoms with Crippen molar-refractivity contribution in [3.05, 3.63) is 35.9 Å². The van der Waals surface area contributed by atoms with E-state index in [1.807, 2.05) is 6.07 Å². The Morgan fingerprint density at radius 2 is 1.59 bits per heavy atom. The van der Waals surface area contributed by atoms with Crippen molar-refractivity contribution < 1.29 is 48.4 Å². The van der Waals surface area contributed by atoms with Crippen molar-refractivity contribution >= 4 is 29.9 Å². The first-order chi connectivity index (χ1) is 16.2. The van der Waals surface area contributed by atoms with Gasteiger partial charge in [-0.3, -0.25) is 14.4 Å². The number of hydrogen-bond donors (Lipinski definition) is 4. The van der Waals surface area contributed by atoms with Crippen LogP contribution in [0.25, 0.3) is 0 Å². The zero-order valence-corrected chi connectivity index (χ0v) is 19.0. The van der Waals surface area contributed by atoms with E-state index >= 15 is 0 Å². The van der Waals surface area contributed by atoms with Crippen LogP contribution >= 0.6 is 0 Å². The molecule has 1 rings (SSSR count). The zero-order valence-electron chi connectivity index (χ0n) is 19.0. The molecule has 0 aliphatic carbocycles. The van der Waals surface area contributed by atoms with Gasteiger partial charge >= 0.3 is 24.0 Å². The number of aliphatic hydroxyl groups excluding tert-OH is 1. The molecule has 4 N–H and O–H groups in total. The Kier molecular flexibility index (Phi) is 12.7.